The molecule has 1 saturated heterocycles. The largest absolute Gasteiger partial charge is 0.338 e. The van der Waals surface area contributed by atoms with Crippen molar-refractivity contribution in [2.24, 2.45) is 11.1 Å². The topological polar surface area (TPSA) is 97.5 Å². The summed E-state index contributed by atoms with van der Waals surface area (Å²) in [6, 6.07) is 5.32. The highest BCUT2D eigenvalue weighted by atomic mass is 32.2. The summed E-state index contributed by atoms with van der Waals surface area (Å²) in [4.78, 5) is 26.6. The van der Waals surface area contributed by atoms with Gasteiger partial charge in [-0.2, -0.15) is 0 Å². The summed E-state index contributed by atoms with van der Waals surface area (Å²) in [5.41, 5.74) is 2.26. The maximum atomic E-state index is 12.8. The second-order valence-corrected chi connectivity index (χ2v) is 8.75. The molecule has 1 aromatic carbocycles. The maximum Gasteiger partial charge on any atom is 0.253 e. The Labute approximate surface area is 148 Å². The van der Waals surface area contributed by atoms with Gasteiger partial charge in [0.1, 0.15) is 0 Å². The van der Waals surface area contributed by atoms with E-state index >= 15 is 0 Å². The number of nitrogens with two attached hydrogens (primary N) is 1. The van der Waals surface area contributed by atoms with Crippen LogP contribution < -0.4 is 5.14 Å². The van der Waals surface area contributed by atoms with Gasteiger partial charge in [-0.25, -0.2) is 13.6 Å². The van der Waals surface area contributed by atoms with Gasteiger partial charge in [-0.3, -0.25) is 9.59 Å². The fourth-order valence-corrected chi connectivity index (χ4v) is 4.77. The van der Waals surface area contributed by atoms with Crippen molar-refractivity contribution < 1.29 is 18.0 Å². The molecule has 1 atom stereocenters. The molecule has 1 aliphatic carbocycles. The van der Waals surface area contributed by atoms with Gasteiger partial charge in [0.2, 0.25) is 10.0 Å². The molecule has 1 amide bonds. The molecule has 1 aliphatic heterocycles. The minimum absolute atomic E-state index is 0.0878. The summed E-state index contributed by atoms with van der Waals surface area (Å²) in [6.45, 7) is 1.03. The molecule has 7 heteroatoms. The summed E-state index contributed by atoms with van der Waals surface area (Å²) in [5.74, 6) is -0.151. The van der Waals surface area contributed by atoms with Crippen molar-refractivity contribution in [3.8, 4) is 0 Å². The van der Waals surface area contributed by atoms with Crippen LogP contribution in [0.15, 0.2) is 18.2 Å². The highest BCUT2D eigenvalue weighted by Gasteiger charge is 2.27. The molecule has 0 bridgehead atoms. The van der Waals surface area contributed by atoms with E-state index in [1.54, 1.807) is 17.0 Å². The third-order valence-electron chi connectivity index (χ3n) is 5.03. The molecule has 1 heterocycles. The Morgan fingerprint density at radius 2 is 1.96 bits per heavy atom. The zero-order chi connectivity index (χ0) is 18.0. The first-order valence-electron chi connectivity index (χ1n) is 8.79. The van der Waals surface area contributed by atoms with Gasteiger partial charge in [-0.15, -0.1) is 0 Å². The highest BCUT2D eigenvalue weighted by molar-refractivity contribution is 7.89. The van der Waals surface area contributed by atoms with E-state index in [1.807, 2.05) is 6.07 Å². The average molecular weight is 364 g/mol. The molecule has 1 unspecified atom stereocenters. The number of hydrogen-bond donors (Lipinski definition) is 1. The van der Waals surface area contributed by atoms with E-state index in [4.69, 9.17) is 5.14 Å². The fourth-order valence-electron chi connectivity index (χ4n) is 3.84. The first-order chi connectivity index (χ1) is 11.8. The molecule has 1 fully saturated rings. The molecule has 0 spiro atoms. The first kappa shape index (κ1) is 18.1. The number of aryl methyl sites for hydroxylation is 1. The lowest BCUT2D eigenvalue weighted by molar-refractivity contribution is 0.0684. The lowest BCUT2D eigenvalue weighted by Crippen LogP contribution is -2.42. The van der Waals surface area contributed by atoms with Crippen molar-refractivity contribution in [2.45, 2.75) is 38.5 Å². The van der Waals surface area contributed by atoms with Gasteiger partial charge >= 0.3 is 0 Å². The Balaban J connectivity index is 1.76. The van der Waals surface area contributed by atoms with Gasteiger partial charge in [0.25, 0.3) is 5.91 Å². The zero-order valence-corrected chi connectivity index (χ0v) is 15.1. The van der Waals surface area contributed by atoms with Crippen molar-refractivity contribution in [2.75, 3.05) is 18.8 Å². The molecule has 1 aromatic rings. The Hall–Kier alpha value is -1.73. The zero-order valence-electron chi connectivity index (χ0n) is 14.2. The predicted molar refractivity (Wildman–Crippen MR) is 94.9 cm³/mol. The molecule has 2 N–H and O–H groups in total. The maximum absolute atomic E-state index is 12.8. The van der Waals surface area contributed by atoms with Crippen LogP contribution in [0.4, 0.5) is 0 Å². The number of carbonyl (C=O) groups excluding carboxylic acids is 2. The van der Waals surface area contributed by atoms with Crippen LogP contribution in [0.2, 0.25) is 0 Å². The van der Waals surface area contributed by atoms with Gasteiger partial charge < -0.3 is 4.90 Å². The number of nitrogens with zero attached hydrogens (tertiary/aromatic N) is 1. The second-order valence-electron chi connectivity index (χ2n) is 7.09. The number of fused-ring (bicyclic) bond motifs is 1. The van der Waals surface area contributed by atoms with Crippen LogP contribution in [0.25, 0.3) is 0 Å². The molecular weight excluding hydrogens is 340 g/mol. The molecular formula is C18H24N2O4S. The summed E-state index contributed by atoms with van der Waals surface area (Å²) in [5, 5.41) is 5.14. The van der Waals surface area contributed by atoms with Crippen LogP contribution in [0.5, 0.6) is 0 Å². The molecule has 3 rings (SSSR count). The van der Waals surface area contributed by atoms with Crippen LogP contribution in [-0.4, -0.2) is 43.9 Å². The number of hydrogen-bond acceptors (Lipinski definition) is 4. The number of amides is 1. The normalized spacial score (nSPS) is 21.6. The number of primary sulfonamides is 1. The number of piperidine rings is 1. The lowest BCUT2D eigenvalue weighted by Gasteiger charge is -2.32. The van der Waals surface area contributed by atoms with Crippen molar-refractivity contribution in [1.82, 2.24) is 4.90 Å². The number of Topliss-reactive ketones (excluding diaryl/α,β-unsaturated/α-hetero) is 1. The van der Waals surface area contributed by atoms with Crippen LogP contribution >= 0.6 is 0 Å². The second kappa shape index (κ2) is 7.25. The number of carbonyl (C=O) groups is 2. The van der Waals surface area contributed by atoms with E-state index in [1.165, 1.54) is 0 Å². The summed E-state index contributed by atoms with van der Waals surface area (Å²) >= 11 is 0. The molecule has 2 aliphatic rings. The van der Waals surface area contributed by atoms with Crippen LogP contribution in [-0.2, 0) is 16.4 Å². The first-order valence-corrected chi connectivity index (χ1v) is 10.5. The number of sulfonamides is 1. The van der Waals surface area contributed by atoms with Gasteiger partial charge in [0, 0.05) is 30.6 Å². The summed E-state index contributed by atoms with van der Waals surface area (Å²) < 4.78 is 22.6. The predicted octanol–water partition coefficient (Wildman–Crippen LogP) is 1.74. The van der Waals surface area contributed by atoms with E-state index < -0.39 is 10.0 Å². The van der Waals surface area contributed by atoms with Crippen molar-refractivity contribution >= 4 is 21.7 Å². The standard InChI is InChI=1S/C18H24N2O4S/c19-25(23,24)12-13-4-3-9-20(11-13)18(22)15-7-8-16-14(10-15)5-1-2-6-17(16)21/h7-8,10,13H,1-6,9,11-12H2,(H2,19,23,24). The lowest BCUT2D eigenvalue weighted by atomic mass is 9.96. The van der Waals surface area contributed by atoms with E-state index in [0.29, 0.717) is 25.1 Å². The summed E-state index contributed by atoms with van der Waals surface area (Å²) in [6.07, 6.45) is 4.76. The number of rotatable bonds is 3. The van der Waals surface area contributed by atoms with Gasteiger partial charge in [0.05, 0.1) is 5.75 Å². The fraction of sp³-hybridized carbons (Fsp3) is 0.556. The van der Waals surface area contributed by atoms with E-state index in [9.17, 15) is 18.0 Å². The number of ketones is 1. The molecule has 0 aromatic heterocycles. The SMILES string of the molecule is NS(=O)(=O)CC1CCCN(C(=O)c2ccc3c(c2)CCCCC3=O)C1. The average Bonchev–Trinajstić information content (AvgIpc) is 2.74. The van der Waals surface area contributed by atoms with Crippen molar-refractivity contribution in [3.05, 3.63) is 34.9 Å². The molecule has 25 heavy (non-hydrogen) atoms. The van der Waals surface area contributed by atoms with Crippen molar-refractivity contribution in [3.63, 3.8) is 0 Å². The minimum Gasteiger partial charge on any atom is -0.338 e. The van der Waals surface area contributed by atoms with Gasteiger partial charge in [-0.05, 0) is 55.7 Å². The number of likely N-dealkylation sites (tertiary alicyclic amines) is 1. The Morgan fingerprint density at radius 3 is 2.72 bits per heavy atom. The Morgan fingerprint density at radius 1 is 1.20 bits per heavy atom. The monoisotopic (exact) mass is 364 g/mol. The minimum atomic E-state index is -3.54. The Bertz CT molecular complexity index is 788. The molecule has 0 saturated carbocycles. The van der Waals surface area contributed by atoms with Gasteiger partial charge in [-0.1, -0.05) is 6.07 Å². The molecule has 0 radical (unpaired) electrons. The third-order valence-corrected chi connectivity index (χ3v) is 5.96. The molecule has 6 nitrogen and oxygen atoms in total. The quantitative estimate of drug-likeness (QED) is 0.826. The van der Waals surface area contributed by atoms with E-state index in [0.717, 1.165) is 43.2 Å². The van der Waals surface area contributed by atoms with Crippen LogP contribution in [0.1, 0.15) is 58.4 Å². The highest BCUT2D eigenvalue weighted by Crippen LogP contribution is 2.24. The van der Waals surface area contributed by atoms with Gasteiger partial charge in [0.15, 0.2) is 5.78 Å². The van der Waals surface area contributed by atoms with E-state index in [-0.39, 0.29) is 23.4 Å². The van der Waals surface area contributed by atoms with E-state index in [2.05, 4.69) is 0 Å². The smallest absolute Gasteiger partial charge is 0.253 e. The molecule has 136 valence electrons. The van der Waals surface area contributed by atoms with Crippen LogP contribution in [0, 0.1) is 5.92 Å². The van der Waals surface area contributed by atoms with Crippen LogP contribution in [0.3, 0.4) is 0 Å². The summed E-state index contributed by atoms with van der Waals surface area (Å²) in [7, 11) is -3.54. The Kier molecular flexibility index (Phi) is 5.24. The number of benzene rings is 1. The van der Waals surface area contributed by atoms with Crippen molar-refractivity contribution in [1.29, 1.82) is 0 Å². The third kappa shape index (κ3) is 4.46.